The highest BCUT2D eigenvalue weighted by Gasteiger charge is 2.31. The summed E-state index contributed by atoms with van der Waals surface area (Å²) in [4.78, 5) is 5.18. The van der Waals surface area contributed by atoms with Gasteiger partial charge in [-0.05, 0) is 49.9 Å². The minimum atomic E-state index is 0.204. The van der Waals surface area contributed by atoms with E-state index in [0.29, 0.717) is 0 Å². The zero-order valence-electron chi connectivity index (χ0n) is 12.2. The molecule has 2 N–H and O–H groups in total. The number of hydrogen-bond donors (Lipinski definition) is 1. The van der Waals surface area contributed by atoms with Crippen molar-refractivity contribution in [1.29, 1.82) is 0 Å². The number of nitrogens with two attached hydrogens (primary N) is 1. The molecule has 1 saturated heterocycles. The second kappa shape index (κ2) is 6.04. The van der Waals surface area contributed by atoms with Gasteiger partial charge in [0, 0.05) is 48.4 Å². The Hall–Kier alpha value is -0.580. The predicted octanol–water partition coefficient (Wildman–Crippen LogP) is 2.62. The van der Waals surface area contributed by atoms with Gasteiger partial charge in [0.05, 0.1) is 0 Å². The fraction of sp³-hybridized carbons (Fsp3) is 0.625. The standard InChI is InChI=1S/C16H24BrN3/c1-12(18)10-13-11-14(17)2-5-16(13)20-8-6-19(7-9-20)15-3-4-15/h2,5,11-12,15H,3-4,6-10,18H2,1H3. The Labute approximate surface area is 130 Å². The lowest BCUT2D eigenvalue weighted by Gasteiger charge is -2.37. The Balaban J connectivity index is 1.72. The van der Waals surface area contributed by atoms with Gasteiger partial charge in [-0.25, -0.2) is 0 Å². The molecule has 1 aromatic rings. The van der Waals surface area contributed by atoms with Crippen LogP contribution in [0, 0.1) is 0 Å². The molecular formula is C16H24BrN3. The van der Waals surface area contributed by atoms with Crippen LogP contribution in [-0.4, -0.2) is 43.2 Å². The van der Waals surface area contributed by atoms with Crippen LogP contribution in [0.1, 0.15) is 25.3 Å². The van der Waals surface area contributed by atoms with Crippen molar-refractivity contribution in [2.45, 2.75) is 38.3 Å². The van der Waals surface area contributed by atoms with Crippen molar-refractivity contribution in [2.75, 3.05) is 31.1 Å². The lowest BCUT2D eigenvalue weighted by Crippen LogP contribution is -2.47. The average Bonchev–Trinajstić information content (AvgIpc) is 3.23. The number of benzene rings is 1. The molecule has 0 bridgehead atoms. The van der Waals surface area contributed by atoms with E-state index in [1.807, 2.05) is 0 Å². The Morgan fingerprint density at radius 2 is 1.95 bits per heavy atom. The van der Waals surface area contributed by atoms with Gasteiger partial charge in [-0.15, -0.1) is 0 Å². The van der Waals surface area contributed by atoms with Crippen molar-refractivity contribution < 1.29 is 0 Å². The van der Waals surface area contributed by atoms with Crippen LogP contribution in [0.25, 0.3) is 0 Å². The van der Waals surface area contributed by atoms with E-state index < -0.39 is 0 Å². The Bertz CT molecular complexity index is 463. The second-order valence-corrected chi connectivity index (χ2v) is 7.12. The van der Waals surface area contributed by atoms with Gasteiger partial charge in [0.2, 0.25) is 0 Å². The largest absolute Gasteiger partial charge is 0.369 e. The average molecular weight is 338 g/mol. The maximum Gasteiger partial charge on any atom is 0.0401 e. The molecule has 3 nitrogen and oxygen atoms in total. The van der Waals surface area contributed by atoms with Crippen molar-refractivity contribution in [3.8, 4) is 0 Å². The fourth-order valence-corrected chi connectivity index (χ4v) is 3.55. The lowest BCUT2D eigenvalue weighted by atomic mass is 10.0. The molecule has 1 heterocycles. The first-order chi connectivity index (χ1) is 9.63. The number of halogens is 1. The molecule has 0 aromatic heterocycles. The van der Waals surface area contributed by atoms with Gasteiger partial charge >= 0.3 is 0 Å². The molecule has 1 aliphatic carbocycles. The summed E-state index contributed by atoms with van der Waals surface area (Å²) in [5.41, 5.74) is 8.75. The Morgan fingerprint density at radius 3 is 2.55 bits per heavy atom. The lowest BCUT2D eigenvalue weighted by molar-refractivity contribution is 0.248. The zero-order chi connectivity index (χ0) is 14.1. The molecule has 20 heavy (non-hydrogen) atoms. The molecule has 0 spiro atoms. The molecule has 4 heteroatoms. The van der Waals surface area contributed by atoms with Gasteiger partial charge in [-0.3, -0.25) is 4.90 Å². The van der Waals surface area contributed by atoms with Crippen molar-refractivity contribution >= 4 is 21.6 Å². The van der Waals surface area contributed by atoms with Crippen LogP contribution >= 0.6 is 15.9 Å². The van der Waals surface area contributed by atoms with Crippen molar-refractivity contribution in [3.05, 3.63) is 28.2 Å². The highest BCUT2D eigenvalue weighted by molar-refractivity contribution is 9.10. The van der Waals surface area contributed by atoms with Crippen molar-refractivity contribution in [1.82, 2.24) is 4.90 Å². The van der Waals surface area contributed by atoms with Crippen LogP contribution in [0.4, 0.5) is 5.69 Å². The smallest absolute Gasteiger partial charge is 0.0401 e. The van der Waals surface area contributed by atoms with E-state index in [2.05, 4.69) is 50.9 Å². The minimum absolute atomic E-state index is 0.204. The van der Waals surface area contributed by atoms with Crippen LogP contribution in [0.5, 0.6) is 0 Å². The number of rotatable bonds is 4. The number of anilines is 1. The number of piperazine rings is 1. The molecule has 2 aliphatic rings. The third-order valence-electron chi connectivity index (χ3n) is 4.30. The van der Waals surface area contributed by atoms with Gasteiger partial charge in [0.15, 0.2) is 0 Å². The van der Waals surface area contributed by atoms with Gasteiger partial charge in [-0.1, -0.05) is 15.9 Å². The van der Waals surface area contributed by atoms with Crippen LogP contribution < -0.4 is 10.6 Å². The first-order valence-electron chi connectivity index (χ1n) is 7.66. The summed E-state index contributed by atoms with van der Waals surface area (Å²) in [7, 11) is 0. The van der Waals surface area contributed by atoms with Gasteiger partial charge < -0.3 is 10.6 Å². The molecule has 2 fully saturated rings. The topological polar surface area (TPSA) is 32.5 Å². The first kappa shape index (κ1) is 14.4. The molecule has 3 rings (SSSR count). The molecule has 0 amide bonds. The Morgan fingerprint density at radius 1 is 1.25 bits per heavy atom. The third-order valence-corrected chi connectivity index (χ3v) is 4.79. The quantitative estimate of drug-likeness (QED) is 0.916. The summed E-state index contributed by atoms with van der Waals surface area (Å²) >= 11 is 3.58. The molecule has 1 aliphatic heterocycles. The third kappa shape index (κ3) is 3.35. The van der Waals surface area contributed by atoms with Crippen molar-refractivity contribution in [2.24, 2.45) is 5.73 Å². The maximum absolute atomic E-state index is 6.00. The second-order valence-electron chi connectivity index (χ2n) is 6.21. The number of nitrogens with zero attached hydrogens (tertiary/aromatic N) is 2. The Kier molecular flexibility index (Phi) is 4.34. The molecule has 1 aromatic carbocycles. The summed E-state index contributed by atoms with van der Waals surface area (Å²) in [6, 6.07) is 7.72. The van der Waals surface area contributed by atoms with E-state index in [-0.39, 0.29) is 6.04 Å². The summed E-state index contributed by atoms with van der Waals surface area (Å²) in [5, 5.41) is 0. The van der Waals surface area contributed by atoms with Crippen LogP contribution in [0.2, 0.25) is 0 Å². The maximum atomic E-state index is 6.00. The van der Waals surface area contributed by atoms with Gasteiger partial charge in [0.1, 0.15) is 0 Å². The zero-order valence-corrected chi connectivity index (χ0v) is 13.8. The highest BCUT2D eigenvalue weighted by atomic mass is 79.9. The van der Waals surface area contributed by atoms with E-state index in [1.54, 1.807) is 0 Å². The van der Waals surface area contributed by atoms with E-state index in [9.17, 15) is 0 Å². The monoisotopic (exact) mass is 337 g/mol. The van der Waals surface area contributed by atoms with Crippen molar-refractivity contribution in [3.63, 3.8) is 0 Å². The summed E-state index contributed by atoms with van der Waals surface area (Å²) in [6.07, 6.45) is 3.76. The molecule has 0 radical (unpaired) electrons. The number of hydrogen-bond acceptors (Lipinski definition) is 3. The SMILES string of the molecule is CC(N)Cc1cc(Br)ccc1N1CCN(C2CC2)CC1. The van der Waals surface area contributed by atoms with Crippen LogP contribution in [-0.2, 0) is 6.42 Å². The normalized spacial score (nSPS) is 22.1. The molecule has 1 saturated carbocycles. The van der Waals surface area contributed by atoms with Crippen LogP contribution in [0.15, 0.2) is 22.7 Å². The molecule has 1 unspecified atom stereocenters. The molecule has 1 atom stereocenters. The van der Waals surface area contributed by atoms with E-state index in [4.69, 9.17) is 5.73 Å². The summed E-state index contributed by atoms with van der Waals surface area (Å²) in [5.74, 6) is 0. The predicted molar refractivity (Wildman–Crippen MR) is 88.3 cm³/mol. The fourth-order valence-electron chi connectivity index (χ4n) is 3.14. The highest BCUT2D eigenvalue weighted by Crippen LogP contribution is 2.30. The van der Waals surface area contributed by atoms with Gasteiger partial charge in [0.25, 0.3) is 0 Å². The van der Waals surface area contributed by atoms with Gasteiger partial charge in [-0.2, -0.15) is 0 Å². The van der Waals surface area contributed by atoms with E-state index in [0.717, 1.165) is 30.0 Å². The summed E-state index contributed by atoms with van der Waals surface area (Å²) in [6.45, 7) is 6.78. The van der Waals surface area contributed by atoms with Crippen LogP contribution in [0.3, 0.4) is 0 Å². The summed E-state index contributed by atoms with van der Waals surface area (Å²) < 4.78 is 1.15. The first-order valence-corrected chi connectivity index (χ1v) is 8.46. The molecular weight excluding hydrogens is 314 g/mol. The molecule has 110 valence electrons. The minimum Gasteiger partial charge on any atom is -0.369 e. The van der Waals surface area contributed by atoms with E-state index in [1.165, 1.54) is 37.2 Å². The van der Waals surface area contributed by atoms with E-state index >= 15 is 0 Å².